The minimum atomic E-state index is -0.245. The van der Waals surface area contributed by atoms with Crippen LogP contribution in [-0.2, 0) is 24.2 Å². The molecule has 0 N–H and O–H groups in total. The second-order valence-electron chi connectivity index (χ2n) is 7.50. The topological polar surface area (TPSA) is 29.5 Å². The van der Waals surface area contributed by atoms with Crippen molar-refractivity contribution in [3.05, 3.63) is 105 Å². The van der Waals surface area contributed by atoms with Gasteiger partial charge in [-0.3, -0.25) is 0 Å². The number of amides is 1. The molecule has 1 atom stereocenters. The number of nitrogens with zero attached hydrogens (tertiary/aromatic N) is 1. The Balaban J connectivity index is 1.61. The molecule has 4 heteroatoms. The summed E-state index contributed by atoms with van der Waals surface area (Å²) in [6.45, 7) is 3.07. The van der Waals surface area contributed by atoms with Gasteiger partial charge in [0.1, 0.15) is 6.61 Å². The summed E-state index contributed by atoms with van der Waals surface area (Å²) >= 11 is 2.32. The van der Waals surface area contributed by atoms with Crippen molar-refractivity contribution in [2.75, 3.05) is 6.54 Å². The van der Waals surface area contributed by atoms with Crippen LogP contribution in [0.5, 0.6) is 0 Å². The predicted molar refractivity (Wildman–Crippen MR) is 130 cm³/mol. The quantitative estimate of drug-likeness (QED) is 0.306. The molecule has 0 aromatic heterocycles. The van der Waals surface area contributed by atoms with Crippen LogP contribution in [0.15, 0.2) is 84.9 Å². The van der Waals surface area contributed by atoms with Crippen molar-refractivity contribution in [1.82, 2.24) is 4.90 Å². The Morgan fingerprint density at radius 3 is 2.10 bits per heavy atom. The Morgan fingerprint density at radius 2 is 1.47 bits per heavy atom. The molecule has 0 saturated heterocycles. The standard InChI is InChI=1S/C26H28INO2/c1-21(19-23-9-4-2-5-10-23)28(18-8-13-22-14-16-25(27)17-15-22)26(29)30-20-24-11-6-3-7-12-24/h2-7,9-12,14-17,21H,8,13,18-20H2,1H3. The van der Waals surface area contributed by atoms with E-state index in [1.165, 1.54) is 14.7 Å². The van der Waals surface area contributed by atoms with Crippen molar-refractivity contribution in [2.45, 2.75) is 38.8 Å². The smallest absolute Gasteiger partial charge is 0.410 e. The zero-order valence-corrected chi connectivity index (χ0v) is 19.5. The lowest BCUT2D eigenvalue weighted by molar-refractivity contribution is 0.0825. The van der Waals surface area contributed by atoms with E-state index in [0.717, 1.165) is 24.8 Å². The third-order valence-electron chi connectivity index (χ3n) is 5.12. The average Bonchev–Trinajstić information content (AvgIpc) is 2.77. The molecule has 0 aliphatic carbocycles. The Kier molecular flexibility index (Phi) is 8.75. The molecule has 30 heavy (non-hydrogen) atoms. The van der Waals surface area contributed by atoms with E-state index in [2.05, 4.69) is 65.9 Å². The van der Waals surface area contributed by atoms with Crippen molar-refractivity contribution in [1.29, 1.82) is 0 Å². The van der Waals surface area contributed by atoms with Gasteiger partial charge < -0.3 is 9.64 Å². The minimum Gasteiger partial charge on any atom is -0.445 e. The van der Waals surface area contributed by atoms with Crippen LogP contribution in [0, 0.1) is 3.57 Å². The Bertz CT molecular complexity index is 897. The van der Waals surface area contributed by atoms with Gasteiger partial charge in [-0.25, -0.2) is 4.79 Å². The van der Waals surface area contributed by atoms with E-state index in [1.807, 2.05) is 53.4 Å². The van der Waals surface area contributed by atoms with Gasteiger partial charge in [0.15, 0.2) is 0 Å². The molecule has 0 aliphatic heterocycles. The van der Waals surface area contributed by atoms with Crippen molar-refractivity contribution >= 4 is 28.7 Å². The summed E-state index contributed by atoms with van der Waals surface area (Å²) in [6.07, 6.45) is 2.41. The number of ether oxygens (including phenoxy) is 1. The van der Waals surface area contributed by atoms with Gasteiger partial charge in [-0.05, 0) is 77.6 Å². The number of carbonyl (C=O) groups excluding carboxylic acids is 1. The molecule has 0 saturated carbocycles. The molecular formula is C26H28INO2. The summed E-state index contributed by atoms with van der Waals surface area (Å²) in [5.41, 5.74) is 3.52. The number of carbonyl (C=O) groups is 1. The molecule has 0 heterocycles. The molecule has 0 aliphatic rings. The molecule has 0 fully saturated rings. The van der Waals surface area contributed by atoms with Gasteiger partial charge in [-0.15, -0.1) is 0 Å². The number of rotatable bonds is 9. The van der Waals surface area contributed by atoms with Crippen LogP contribution in [0.1, 0.15) is 30.0 Å². The molecule has 0 radical (unpaired) electrons. The zero-order valence-electron chi connectivity index (χ0n) is 17.3. The normalized spacial score (nSPS) is 11.7. The summed E-state index contributed by atoms with van der Waals surface area (Å²) < 4.78 is 6.89. The summed E-state index contributed by atoms with van der Waals surface area (Å²) in [5.74, 6) is 0. The molecule has 0 bridgehead atoms. The predicted octanol–water partition coefficient (Wildman–Crippen LogP) is 6.49. The van der Waals surface area contributed by atoms with Crippen LogP contribution in [-0.4, -0.2) is 23.6 Å². The second-order valence-corrected chi connectivity index (χ2v) is 8.75. The lowest BCUT2D eigenvalue weighted by Gasteiger charge is -2.29. The maximum absolute atomic E-state index is 12.9. The fraction of sp³-hybridized carbons (Fsp3) is 0.269. The SMILES string of the molecule is CC(Cc1ccccc1)N(CCCc1ccc(I)cc1)C(=O)OCc1ccccc1. The number of hydrogen-bond acceptors (Lipinski definition) is 2. The van der Waals surface area contributed by atoms with Crippen LogP contribution in [0.3, 0.4) is 0 Å². The van der Waals surface area contributed by atoms with Crippen molar-refractivity contribution in [3.63, 3.8) is 0 Å². The van der Waals surface area contributed by atoms with Crippen LogP contribution < -0.4 is 0 Å². The van der Waals surface area contributed by atoms with Crippen molar-refractivity contribution in [3.8, 4) is 0 Å². The number of aryl methyl sites for hydroxylation is 1. The highest BCUT2D eigenvalue weighted by molar-refractivity contribution is 14.1. The van der Waals surface area contributed by atoms with E-state index < -0.39 is 0 Å². The monoisotopic (exact) mass is 513 g/mol. The van der Waals surface area contributed by atoms with Gasteiger partial charge in [0.2, 0.25) is 0 Å². The second kappa shape index (κ2) is 11.7. The zero-order chi connectivity index (χ0) is 21.2. The van der Waals surface area contributed by atoms with E-state index in [0.29, 0.717) is 13.2 Å². The van der Waals surface area contributed by atoms with Crippen molar-refractivity contribution in [2.24, 2.45) is 0 Å². The van der Waals surface area contributed by atoms with Crippen LogP contribution in [0.4, 0.5) is 4.79 Å². The van der Waals surface area contributed by atoms with Gasteiger partial charge in [0, 0.05) is 16.2 Å². The first-order valence-electron chi connectivity index (χ1n) is 10.4. The average molecular weight is 513 g/mol. The van der Waals surface area contributed by atoms with Crippen LogP contribution >= 0.6 is 22.6 Å². The number of halogens is 1. The highest BCUT2D eigenvalue weighted by atomic mass is 127. The van der Waals surface area contributed by atoms with Gasteiger partial charge in [-0.2, -0.15) is 0 Å². The molecule has 3 nitrogen and oxygen atoms in total. The number of hydrogen-bond donors (Lipinski definition) is 0. The maximum atomic E-state index is 12.9. The van der Waals surface area contributed by atoms with Crippen molar-refractivity contribution < 1.29 is 9.53 Å². The number of benzene rings is 3. The Hall–Kier alpha value is -2.34. The first-order chi connectivity index (χ1) is 14.6. The van der Waals surface area contributed by atoms with E-state index >= 15 is 0 Å². The third kappa shape index (κ3) is 7.17. The molecule has 156 valence electrons. The largest absolute Gasteiger partial charge is 0.445 e. The van der Waals surface area contributed by atoms with Gasteiger partial charge in [0.05, 0.1) is 0 Å². The van der Waals surface area contributed by atoms with Crippen LogP contribution in [0.2, 0.25) is 0 Å². The fourth-order valence-electron chi connectivity index (χ4n) is 3.46. The lowest BCUT2D eigenvalue weighted by atomic mass is 10.1. The Labute approximate surface area is 193 Å². The molecule has 3 rings (SSSR count). The maximum Gasteiger partial charge on any atom is 0.410 e. The summed E-state index contributed by atoms with van der Waals surface area (Å²) in [5, 5.41) is 0. The first-order valence-corrected chi connectivity index (χ1v) is 11.5. The molecule has 3 aromatic carbocycles. The van der Waals surface area contributed by atoms with Gasteiger partial charge in [0.25, 0.3) is 0 Å². The van der Waals surface area contributed by atoms with E-state index in [4.69, 9.17) is 4.74 Å². The van der Waals surface area contributed by atoms with E-state index in [1.54, 1.807) is 0 Å². The summed E-state index contributed by atoms with van der Waals surface area (Å²) in [4.78, 5) is 14.8. The van der Waals surface area contributed by atoms with Crippen LogP contribution in [0.25, 0.3) is 0 Å². The molecule has 0 spiro atoms. The molecular weight excluding hydrogens is 485 g/mol. The third-order valence-corrected chi connectivity index (χ3v) is 5.84. The highest BCUT2D eigenvalue weighted by Crippen LogP contribution is 2.14. The van der Waals surface area contributed by atoms with Gasteiger partial charge in [-0.1, -0.05) is 72.8 Å². The summed E-state index contributed by atoms with van der Waals surface area (Å²) in [6, 6.07) is 28.8. The highest BCUT2D eigenvalue weighted by Gasteiger charge is 2.21. The lowest BCUT2D eigenvalue weighted by Crippen LogP contribution is -2.41. The molecule has 3 aromatic rings. The first kappa shape index (κ1) is 22.3. The summed E-state index contributed by atoms with van der Waals surface area (Å²) in [7, 11) is 0. The minimum absolute atomic E-state index is 0.0624. The fourth-order valence-corrected chi connectivity index (χ4v) is 3.82. The Morgan fingerprint density at radius 1 is 0.867 bits per heavy atom. The van der Waals surface area contributed by atoms with Gasteiger partial charge >= 0.3 is 6.09 Å². The molecule has 1 unspecified atom stereocenters. The van der Waals surface area contributed by atoms with E-state index in [9.17, 15) is 4.79 Å². The van der Waals surface area contributed by atoms with E-state index in [-0.39, 0.29) is 12.1 Å². The molecule has 1 amide bonds.